The van der Waals surface area contributed by atoms with Crippen molar-refractivity contribution < 1.29 is 8.81 Å². The Morgan fingerprint density at radius 2 is 2.19 bits per heavy atom. The number of hydrogen-bond acceptors (Lipinski definition) is 5. The smallest absolute Gasteiger partial charge is 0.209 e. The van der Waals surface area contributed by atoms with E-state index in [1.54, 1.807) is 6.07 Å². The molecule has 4 rings (SSSR count). The van der Waals surface area contributed by atoms with E-state index in [2.05, 4.69) is 40.2 Å². The van der Waals surface area contributed by atoms with E-state index >= 15 is 0 Å². The number of aromatic nitrogens is 3. The van der Waals surface area contributed by atoms with Crippen LogP contribution in [-0.4, -0.2) is 51.7 Å². The van der Waals surface area contributed by atoms with E-state index < -0.39 is 0 Å². The van der Waals surface area contributed by atoms with Crippen molar-refractivity contribution in [3.63, 3.8) is 0 Å². The van der Waals surface area contributed by atoms with E-state index in [9.17, 15) is 4.39 Å². The minimum atomic E-state index is -0.291. The molecule has 0 N–H and O–H groups in total. The van der Waals surface area contributed by atoms with E-state index in [0.717, 1.165) is 13.1 Å². The minimum Gasteiger partial charge on any atom is -0.439 e. The first-order valence-electron chi connectivity index (χ1n) is 9.42. The molecule has 1 aromatic carbocycles. The minimum absolute atomic E-state index is 0.291. The predicted octanol–water partition coefficient (Wildman–Crippen LogP) is 3.22. The van der Waals surface area contributed by atoms with Gasteiger partial charge in [-0.25, -0.2) is 9.37 Å². The third kappa shape index (κ3) is 3.89. The molecule has 1 fully saturated rings. The first-order chi connectivity index (χ1) is 13.0. The van der Waals surface area contributed by atoms with Gasteiger partial charge in [0.2, 0.25) is 5.89 Å². The van der Waals surface area contributed by atoms with Gasteiger partial charge in [-0.05, 0) is 51.5 Å². The molecule has 0 saturated carbocycles. The van der Waals surface area contributed by atoms with Crippen molar-refractivity contribution in [2.75, 3.05) is 27.2 Å². The first-order valence-corrected chi connectivity index (χ1v) is 9.42. The standard InChI is InChI=1S/C20H26FN5O/c1-24(13-19-23-17-9-16(21)6-7-18(17)27-19)11-14-5-4-8-25(2)20(14)15-10-22-26(3)12-15/h6-7,9-10,12,14,20H,4-5,8,11,13H2,1-3H3/t14-,20+/m0/s1. The summed E-state index contributed by atoms with van der Waals surface area (Å²) in [4.78, 5) is 9.11. The van der Waals surface area contributed by atoms with Crippen molar-refractivity contribution in [2.45, 2.75) is 25.4 Å². The van der Waals surface area contributed by atoms with Gasteiger partial charge >= 0.3 is 0 Å². The maximum Gasteiger partial charge on any atom is 0.209 e. The van der Waals surface area contributed by atoms with Crippen molar-refractivity contribution in [1.82, 2.24) is 24.6 Å². The Morgan fingerprint density at radius 3 is 2.96 bits per heavy atom. The molecule has 1 saturated heterocycles. The fourth-order valence-corrected chi connectivity index (χ4v) is 4.28. The average molecular weight is 371 g/mol. The van der Waals surface area contributed by atoms with Crippen LogP contribution >= 0.6 is 0 Å². The van der Waals surface area contributed by atoms with Gasteiger partial charge in [0.25, 0.3) is 0 Å². The Hall–Kier alpha value is -2.25. The van der Waals surface area contributed by atoms with Gasteiger partial charge in [-0.2, -0.15) is 5.10 Å². The van der Waals surface area contributed by atoms with Crippen LogP contribution in [0, 0.1) is 11.7 Å². The highest BCUT2D eigenvalue weighted by Gasteiger charge is 2.32. The highest BCUT2D eigenvalue weighted by atomic mass is 19.1. The van der Waals surface area contributed by atoms with E-state index in [0.29, 0.717) is 35.5 Å². The van der Waals surface area contributed by atoms with Gasteiger partial charge in [0.1, 0.15) is 11.3 Å². The summed E-state index contributed by atoms with van der Waals surface area (Å²) >= 11 is 0. The predicted molar refractivity (Wildman–Crippen MR) is 102 cm³/mol. The Labute approximate surface area is 158 Å². The van der Waals surface area contributed by atoms with Gasteiger partial charge < -0.3 is 4.42 Å². The number of fused-ring (bicyclic) bond motifs is 1. The third-order valence-corrected chi connectivity index (χ3v) is 5.42. The molecule has 0 aliphatic carbocycles. The molecule has 144 valence electrons. The zero-order chi connectivity index (χ0) is 19.0. The number of hydrogen-bond donors (Lipinski definition) is 0. The van der Waals surface area contributed by atoms with Gasteiger partial charge in [-0.15, -0.1) is 0 Å². The lowest BCUT2D eigenvalue weighted by Gasteiger charge is -2.40. The van der Waals surface area contributed by atoms with Crippen LogP contribution in [0.5, 0.6) is 0 Å². The molecule has 0 amide bonds. The maximum absolute atomic E-state index is 13.4. The molecule has 0 unspecified atom stereocenters. The lowest BCUT2D eigenvalue weighted by atomic mass is 9.86. The first kappa shape index (κ1) is 18.1. The number of benzene rings is 1. The van der Waals surface area contributed by atoms with Gasteiger partial charge in [-0.3, -0.25) is 14.5 Å². The summed E-state index contributed by atoms with van der Waals surface area (Å²) in [5.41, 5.74) is 2.48. The van der Waals surface area contributed by atoms with Crippen LogP contribution in [0.1, 0.15) is 30.3 Å². The molecule has 27 heavy (non-hydrogen) atoms. The van der Waals surface area contributed by atoms with Crippen LogP contribution in [0.15, 0.2) is 35.0 Å². The Balaban J connectivity index is 1.47. The van der Waals surface area contributed by atoms with Crippen LogP contribution in [0.2, 0.25) is 0 Å². The molecule has 1 aliphatic heterocycles. The quantitative estimate of drug-likeness (QED) is 0.689. The largest absolute Gasteiger partial charge is 0.439 e. The summed E-state index contributed by atoms with van der Waals surface area (Å²) in [5, 5.41) is 4.36. The van der Waals surface area contributed by atoms with Crippen molar-refractivity contribution in [2.24, 2.45) is 13.0 Å². The summed E-state index contributed by atoms with van der Waals surface area (Å²) in [5.74, 6) is 0.847. The van der Waals surface area contributed by atoms with Crippen LogP contribution < -0.4 is 0 Å². The summed E-state index contributed by atoms with van der Waals surface area (Å²) in [6.07, 6.45) is 6.49. The number of rotatable bonds is 5. The summed E-state index contributed by atoms with van der Waals surface area (Å²) < 4.78 is 21.0. The van der Waals surface area contributed by atoms with E-state index in [1.807, 2.05) is 17.9 Å². The molecule has 0 spiro atoms. The van der Waals surface area contributed by atoms with Crippen LogP contribution in [-0.2, 0) is 13.6 Å². The molecule has 2 atom stereocenters. The number of aryl methyl sites for hydroxylation is 1. The Bertz CT molecular complexity index is 920. The van der Waals surface area contributed by atoms with Crippen LogP contribution in [0.4, 0.5) is 4.39 Å². The second-order valence-corrected chi connectivity index (χ2v) is 7.69. The van der Waals surface area contributed by atoms with Gasteiger partial charge in [0.15, 0.2) is 5.58 Å². The second-order valence-electron chi connectivity index (χ2n) is 7.69. The van der Waals surface area contributed by atoms with Crippen molar-refractivity contribution in [3.05, 3.63) is 47.9 Å². The van der Waals surface area contributed by atoms with Crippen LogP contribution in [0.25, 0.3) is 11.1 Å². The Kier molecular flexibility index (Phi) is 4.97. The van der Waals surface area contributed by atoms with Gasteiger partial charge in [0, 0.05) is 37.5 Å². The lowest BCUT2D eigenvalue weighted by Crippen LogP contribution is -2.40. The normalized spacial score (nSPS) is 21.4. The number of halogens is 1. The van der Waals surface area contributed by atoms with E-state index in [-0.39, 0.29) is 5.82 Å². The lowest BCUT2D eigenvalue weighted by molar-refractivity contribution is 0.0904. The average Bonchev–Trinajstić information content (AvgIpc) is 3.20. The summed E-state index contributed by atoms with van der Waals surface area (Å²) in [6, 6.07) is 4.82. The van der Waals surface area contributed by atoms with Crippen LogP contribution in [0.3, 0.4) is 0 Å². The number of oxazole rings is 1. The third-order valence-electron chi connectivity index (χ3n) is 5.42. The molecule has 0 radical (unpaired) electrons. The maximum atomic E-state index is 13.4. The molecule has 7 heteroatoms. The monoisotopic (exact) mass is 371 g/mol. The summed E-state index contributed by atoms with van der Waals surface area (Å²) in [6.45, 7) is 2.66. The number of likely N-dealkylation sites (tertiary alicyclic amines) is 1. The highest BCUT2D eigenvalue weighted by molar-refractivity contribution is 5.72. The zero-order valence-corrected chi connectivity index (χ0v) is 16.1. The van der Waals surface area contributed by atoms with E-state index in [1.165, 1.54) is 30.5 Å². The molecule has 2 aromatic heterocycles. The highest BCUT2D eigenvalue weighted by Crippen LogP contribution is 2.35. The fraction of sp³-hybridized carbons (Fsp3) is 0.500. The molecule has 3 aromatic rings. The van der Waals surface area contributed by atoms with Crippen molar-refractivity contribution >= 4 is 11.1 Å². The van der Waals surface area contributed by atoms with Crippen molar-refractivity contribution in [1.29, 1.82) is 0 Å². The van der Waals surface area contributed by atoms with Gasteiger partial charge in [0.05, 0.1) is 12.7 Å². The molecule has 1 aliphatic rings. The molecular formula is C20H26FN5O. The second kappa shape index (κ2) is 7.40. The molecule has 6 nitrogen and oxygen atoms in total. The summed E-state index contributed by atoms with van der Waals surface area (Å²) in [7, 11) is 6.24. The van der Waals surface area contributed by atoms with E-state index in [4.69, 9.17) is 4.42 Å². The number of piperidine rings is 1. The topological polar surface area (TPSA) is 50.3 Å². The molecule has 0 bridgehead atoms. The molecule has 3 heterocycles. The Morgan fingerprint density at radius 1 is 1.33 bits per heavy atom. The zero-order valence-electron chi connectivity index (χ0n) is 16.1. The SMILES string of the molecule is CN(Cc1nc2cc(F)ccc2o1)C[C@@H]1CCCN(C)[C@H]1c1cnn(C)c1. The van der Waals surface area contributed by atoms with Crippen molar-refractivity contribution in [3.8, 4) is 0 Å². The molecular weight excluding hydrogens is 345 g/mol. The number of nitrogens with zero attached hydrogens (tertiary/aromatic N) is 5. The fourth-order valence-electron chi connectivity index (χ4n) is 4.28. The van der Waals surface area contributed by atoms with Gasteiger partial charge in [-0.1, -0.05) is 0 Å².